The number of carbonyl (C=O) groups is 2. The Bertz CT molecular complexity index is 983. The van der Waals surface area contributed by atoms with Gasteiger partial charge in [-0.15, -0.1) is 0 Å². The molecule has 1 saturated heterocycles. The van der Waals surface area contributed by atoms with Crippen LogP contribution in [0, 0.1) is 0 Å². The highest BCUT2D eigenvalue weighted by molar-refractivity contribution is 7.89. The quantitative estimate of drug-likeness (QED) is 0.678. The molecule has 2 aromatic carbocycles. The van der Waals surface area contributed by atoms with Crippen LogP contribution in [0.15, 0.2) is 59.5 Å². The van der Waals surface area contributed by atoms with Gasteiger partial charge in [-0.2, -0.15) is 0 Å². The van der Waals surface area contributed by atoms with E-state index in [0.29, 0.717) is 44.7 Å². The van der Waals surface area contributed by atoms with Crippen LogP contribution in [-0.2, 0) is 21.2 Å². The fourth-order valence-corrected chi connectivity index (χ4v) is 4.68. The zero-order valence-electron chi connectivity index (χ0n) is 17.8. The van der Waals surface area contributed by atoms with Crippen LogP contribution in [0.5, 0.6) is 0 Å². The minimum Gasteiger partial charge on any atom is -0.339 e. The van der Waals surface area contributed by atoms with Gasteiger partial charge in [-0.25, -0.2) is 13.1 Å². The number of aryl methyl sites for hydroxylation is 1. The SMILES string of the molecule is CCNS(=O)(=O)c1ccc(C(=O)N2CCN(C(=O)CCCc3ccccc3)CC2)cc1. The molecule has 1 aliphatic heterocycles. The summed E-state index contributed by atoms with van der Waals surface area (Å²) in [7, 11) is -3.54. The van der Waals surface area contributed by atoms with Crippen LogP contribution >= 0.6 is 0 Å². The Kier molecular flexibility index (Phi) is 7.81. The summed E-state index contributed by atoms with van der Waals surface area (Å²) in [5.41, 5.74) is 1.67. The van der Waals surface area contributed by atoms with Crippen molar-refractivity contribution in [2.24, 2.45) is 0 Å². The molecule has 0 radical (unpaired) electrons. The van der Waals surface area contributed by atoms with Gasteiger partial charge < -0.3 is 9.80 Å². The molecule has 1 heterocycles. The molecular weight excluding hydrogens is 414 g/mol. The molecule has 0 aliphatic carbocycles. The van der Waals surface area contributed by atoms with E-state index in [4.69, 9.17) is 0 Å². The van der Waals surface area contributed by atoms with E-state index in [1.807, 2.05) is 23.1 Å². The lowest BCUT2D eigenvalue weighted by Crippen LogP contribution is -2.50. The molecule has 1 N–H and O–H groups in total. The Labute approximate surface area is 184 Å². The van der Waals surface area contributed by atoms with Crippen LogP contribution in [0.3, 0.4) is 0 Å². The van der Waals surface area contributed by atoms with Crippen molar-refractivity contribution in [1.82, 2.24) is 14.5 Å². The van der Waals surface area contributed by atoms with Gasteiger partial charge in [0.2, 0.25) is 15.9 Å². The molecule has 0 aromatic heterocycles. The van der Waals surface area contributed by atoms with Crippen LogP contribution in [0.4, 0.5) is 0 Å². The zero-order valence-corrected chi connectivity index (χ0v) is 18.6. The summed E-state index contributed by atoms with van der Waals surface area (Å²) in [4.78, 5) is 28.9. The summed E-state index contributed by atoms with van der Waals surface area (Å²) in [6, 6.07) is 16.1. The van der Waals surface area contributed by atoms with Gasteiger partial charge in [0.1, 0.15) is 0 Å². The smallest absolute Gasteiger partial charge is 0.253 e. The van der Waals surface area contributed by atoms with E-state index < -0.39 is 10.0 Å². The first-order chi connectivity index (χ1) is 14.9. The molecular formula is C23H29N3O4S. The Balaban J connectivity index is 1.47. The normalized spacial score (nSPS) is 14.5. The number of sulfonamides is 1. The second-order valence-corrected chi connectivity index (χ2v) is 9.30. The van der Waals surface area contributed by atoms with E-state index in [1.165, 1.54) is 29.8 Å². The minimum absolute atomic E-state index is 0.126. The first-order valence-corrected chi connectivity index (χ1v) is 12.1. The number of hydrogen-bond donors (Lipinski definition) is 1. The molecule has 1 fully saturated rings. The number of benzene rings is 2. The van der Waals surface area contributed by atoms with Crippen molar-refractivity contribution in [1.29, 1.82) is 0 Å². The van der Waals surface area contributed by atoms with Gasteiger partial charge in [-0.1, -0.05) is 37.3 Å². The van der Waals surface area contributed by atoms with Crippen LogP contribution < -0.4 is 4.72 Å². The van der Waals surface area contributed by atoms with Crippen molar-refractivity contribution >= 4 is 21.8 Å². The number of hydrogen-bond acceptors (Lipinski definition) is 4. The van der Waals surface area contributed by atoms with Gasteiger partial charge >= 0.3 is 0 Å². The lowest BCUT2D eigenvalue weighted by Gasteiger charge is -2.35. The third kappa shape index (κ3) is 6.15. The Morgan fingerprint density at radius 2 is 1.52 bits per heavy atom. The summed E-state index contributed by atoms with van der Waals surface area (Å²) in [6.07, 6.45) is 2.19. The molecule has 2 amide bonds. The lowest BCUT2D eigenvalue weighted by molar-refractivity contribution is -0.132. The van der Waals surface area contributed by atoms with E-state index >= 15 is 0 Å². The minimum atomic E-state index is -3.54. The standard InChI is InChI=1S/C23H29N3O4S/c1-2-24-31(29,30)21-13-11-20(12-14-21)23(28)26-17-15-25(16-18-26)22(27)10-6-9-19-7-4-3-5-8-19/h3-5,7-8,11-14,24H,2,6,9-10,15-18H2,1H3. The number of nitrogens with one attached hydrogen (secondary N) is 1. The van der Waals surface area contributed by atoms with Gasteiger partial charge in [0.05, 0.1) is 4.90 Å². The van der Waals surface area contributed by atoms with Gasteiger partial charge in [0.15, 0.2) is 0 Å². The summed E-state index contributed by atoms with van der Waals surface area (Å²) in [5.74, 6) is -0.0235. The van der Waals surface area contributed by atoms with Crippen molar-refractivity contribution in [3.63, 3.8) is 0 Å². The molecule has 0 spiro atoms. The third-order valence-corrected chi connectivity index (χ3v) is 6.93. The van der Waals surface area contributed by atoms with E-state index in [1.54, 1.807) is 11.8 Å². The van der Waals surface area contributed by atoms with E-state index in [-0.39, 0.29) is 16.7 Å². The van der Waals surface area contributed by atoms with Crippen LogP contribution in [0.1, 0.15) is 35.7 Å². The summed E-state index contributed by atoms with van der Waals surface area (Å²) in [5, 5.41) is 0. The van der Waals surface area contributed by atoms with Crippen molar-refractivity contribution in [3.05, 3.63) is 65.7 Å². The Morgan fingerprint density at radius 3 is 2.13 bits per heavy atom. The number of rotatable bonds is 8. The van der Waals surface area contributed by atoms with Gasteiger partial charge in [-0.05, 0) is 42.7 Å². The highest BCUT2D eigenvalue weighted by Gasteiger charge is 2.25. The van der Waals surface area contributed by atoms with Crippen molar-refractivity contribution < 1.29 is 18.0 Å². The maximum absolute atomic E-state index is 12.7. The van der Waals surface area contributed by atoms with E-state index in [9.17, 15) is 18.0 Å². The van der Waals surface area contributed by atoms with Crippen molar-refractivity contribution in [3.8, 4) is 0 Å². The maximum atomic E-state index is 12.7. The molecule has 0 saturated carbocycles. The zero-order chi connectivity index (χ0) is 22.3. The topological polar surface area (TPSA) is 86.8 Å². The predicted octanol–water partition coefficient (Wildman–Crippen LogP) is 2.29. The average Bonchev–Trinajstić information content (AvgIpc) is 2.79. The fraction of sp³-hybridized carbons (Fsp3) is 0.391. The molecule has 2 aromatic rings. The van der Waals surface area contributed by atoms with Crippen LogP contribution in [0.2, 0.25) is 0 Å². The average molecular weight is 444 g/mol. The number of nitrogens with zero attached hydrogens (tertiary/aromatic N) is 2. The number of piperazine rings is 1. The Morgan fingerprint density at radius 1 is 0.903 bits per heavy atom. The molecule has 8 heteroatoms. The first-order valence-electron chi connectivity index (χ1n) is 10.6. The molecule has 0 bridgehead atoms. The molecule has 166 valence electrons. The fourth-order valence-electron chi connectivity index (χ4n) is 3.64. The summed E-state index contributed by atoms with van der Waals surface area (Å²) < 4.78 is 26.5. The monoisotopic (exact) mass is 443 g/mol. The van der Waals surface area contributed by atoms with Crippen molar-refractivity contribution in [2.45, 2.75) is 31.1 Å². The van der Waals surface area contributed by atoms with E-state index in [2.05, 4.69) is 16.9 Å². The van der Waals surface area contributed by atoms with Gasteiger partial charge in [0, 0.05) is 44.7 Å². The summed E-state index contributed by atoms with van der Waals surface area (Å²) >= 11 is 0. The molecule has 31 heavy (non-hydrogen) atoms. The van der Waals surface area contributed by atoms with E-state index in [0.717, 1.165) is 12.8 Å². The molecule has 0 atom stereocenters. The van der Waals surface area contributed by atoms with Crippen LogP contribution in [0.25, 0.3) is 0 Å². The molecule has 3 rings (SSSR count). The highest BCUT2D eigenvalue weighted by Crippen LogP contribution is 2.14. The second-order valence-electron chi connectivity index (χ2n) is 7.54. The molecule has 0 unspecified atom stereocenters. The number of amides is 2. The number of carbonyl (C=O) groups excluding carboxylic acids is 2. The summed E-state index contributed by atoms with van der Waals surface area (Å²) in [6.45, 7) is 3.99. The van der Waals surface area contributed by atoms with Crippen LogP contribution in [-0.4, -0.2) is 62.8 Å². The maximum Gasteiger partial charge on any atom is 0.253 e. The molecule has 7 nitrogen and oxygen atoms in total. The largest absolute Gasteiger partial charge is 0.339 e. The predicted molar refractivity (Wildman–Crippen MR) is 119 cm³/mol. The van der Waals surface area contributed by atoms with Gasteiger partial charge in [-0.3, -0.25) is 9.59 Å². The lowest BCUT2D eigenvalue weighted by atomic mass is 10.1. The third-order valence-electron chi connectivity index (χ3n) is 5.36. The van der Waals surface area contributed by atoms with Crippen molar-refractivity contribution in [2.75, 3.05) is 32.7 Å². The highest BCUT2D eigenvalue weighted by atomic mass is 32.2. The Hall–Kier alpha value is -2.71. The van der Waals surface area contributed by atoms with Gasteiger partial charge in [0.25, 0.3) is 5.91 Å². The first kappa shape index (κ1) is 23.0. The molecule has 1 aliphatic rings. The second kappa shape index (κ2) is 10.5.